The fourth-order valence-electron chi connectivity index (χ4n) is 3.24. The molecule has 3 nitrogen and oxygen atoms in total. The van der Waals surface area contributed by atoms with Crippen molar-refractivity contribution in [1.82, 2.24) is 0 Å². The number of carbonyl (C=O) groups is 3. The second kappa shape index (κ2) is 2.33. The minimum atomic E-state index is -0.778. The van der Waals surface area contributed by atoms with Crippen LogP contribution >= 0.6 is 0 Å². The molecule has 0 spiro atoms. The Hall–Kier alpha value is -0.990. The maximum atomic E-state index is 11.6. The predicted molar refractivity (Wildman–Crippen MR) is 49.6 cm³/mol. The van der Waals surface area contributed by atoms with E-state index >= 15 is 0 Å². The molecule has 0 aromatic heterocycles. The average Bonchev–Trinajstić information content (AvgIpc) is 1.98. The highest BCUT2D eigenvalue weighted by Crippen LogP contribution is 2.57. The molecule has 76 valence electrons. The fraction of sp³-hybridized carbons (Fsp3) is 0.727. The zero-order chi connectivity index (χ0) is 10.7. The third-order valence-electron chi connectivity index (χ3n) is 3.72. The monoisotopic (exact) mass is 194 g/mol. The number of hydrogen-bond acceptors (Lipinski definition) is 3. The molecule has 0 aliphatic heterocycles. The normalized spacial score (nSPS) is 40.5. The van der Waals surface area contributed by atoms with Gasteiger partial charge in [-0.2, -0.15) is 0 Å². The minimum Gasteiger partial charge on any atom is -0.299 e. The molecule has 0 amide bonds. The van der Waals surface area contributed by atoms with Crippen molar-refractivity contribution in [2.24, 2.45) is 16.7 Å². The van der Waals surface area contributed by atoms with Gasteiger partial charge >= 0.3 is 0 Å². The number of rotatable bonds is 0. The van der Waals surface area contributed by atoms with Crippen molar-refractivity contribution in [3.63, 3.8) is 0 Å². The van der Waals surface area contributed by atoms with Crippen molar-refractivity contribution in [2.45, 2.75) is 33.6 Å². The van der Waals surface area contributed by atoms with Gasteiger partial charge in [0.25, 0.3) is 0 Å². The van der Waals surface area contributed by atoms with Crippen LogP contribution in [-0.4, -0.2) is 17.3 Å². The first kappa shape index (κ1) is 9.56. The Labute approximate surface area is 82.9 Å². The Morgan fingerprint density at radius 1 is 1.07 bits per heavy atom. The molecule has 14 heavy (non-hydrogen) atoms. The van der Waals surface area contributed by atoms with Crippen LogP contribution < -0.4 is 0 Å². The zero-order valence-electron chi connectivity index (χ0n) is 8.72. The summed E-state index contributed by atoms with van der Waals surface area (Å²) >= 11 is 0. The quantitative estimate of drug-likeness (QED) is 0.543. The number of fused-ring (bicyclic) bond motifs is 1. The molecule has 0 N–H and O–H groups in total. The molecule has 2 atom stereocenters. The molecule has 0 heterocycles. The topological polar surface area (TPSA) is 51.2 Å². The van der Waals surface area contributed by atoms with E-state index in [1.54, 1.807) is 13.8 Å². The third-order valence-corrected chi connectivity index (χ3v) is 3.72. The van der Waals surface area contributed by atoms with E-state index in [9.17, 15) is 14.4 Å². The Kier molecular flexibility index (Phi) is 1.59. The van der Waals surface area contributed by atoms with Crippen molar-refractivity contribution in [3.8, 4) is 0 Å². The molecule has 2 fully saturated rings. The lowest BCUT2D eigenvalue weighted by molar-refractivity contribution is -0.170. The lowest BCUT2D eigenvalue weighted by Gasteiger charge is -2.54. The molecule has 2 rings (SSSR count). The van der Waals surface area contributed by atoms with Gasteiger partial charge in [-0.3, -0.25) is 14.4 Å². The van der Waals surface area contributed by atoms with Crippen molar-refractivity contribution in [2.75, 3.05) is 0 Å². The summed E-state index contributed by atoms with van der Waals surface area (Å²) in [5.41, 5.74) is -1.02. The number of hydrogen-bond donors (Lipinski definition) is 0. The number of ketones is 3. The van der Waals surface area contributed by atoms with E-state index in [-0.39, 0.29) is 35.1 Å². The zero-order valence-corrected chi connectivity index (χ0v) is 8.72. The maximum Gasteiger partial charge on any atom is 0.204 e. The van der Waals surface area contributed by atoms with E-state index in [1.807, 2.05) is 6.92 Å². The average molecular weight is 194 g/mol. The van der Waals surface area contributed by atoms with Gasteiger partial charge in [-0.25, -0.2) is 0 Å². The van der Waals surface area contributed by atoms with Gasteiger partial charge in [0.1, 0.15) is 5.78 Å². The summed E-state index contributed by atoms with van der Waals surface area (Å²) < 4.78 is 0. The summed E-state index contributed by atoms with van der Waals surface area (Å²) in [5.74, 6) is -0.771. The number of Topliss-reactive ketones (excluding diaryl/α,β-unsaturated/α-hetero) is 3. The summed E-state index contributed by atoms with van der Waals surface area (Å²) in [7, 11) is 0. The summed E-state index contributed by atoms with van der Waals surface area (Å²) in [4.78, 5) is 34.5. The Morgan fingerprint density at radius 3 is 2.14 bits per heavy atom. The van der Waals surface area contributed by atoms with Crippen LogP contribution in [0.25, 0.3) is 0 Å². The molecule has 0 bridgehead atoms. The van der Waals surface area contributed by atoms with Gasteiger partial charge in [-0.1, -0.05) is 20.8 Å². The van der Waals surface area contributed by atoms with Crippen LogP contribution in [0.4, 0.5) is 0 Å². The summed E-state index contributed by atoms with van der Waals surface area (Å²) in [6, 6.07) is 0. The van der Waals surface area contributed by atoms with Crippen LogP contribution in [0.2, 0.25) is 0 Å². The van der Waals surface area contributed by atoms with Crippen molar-refractivity contribution in [3.05, 3.63) is 0 Å². The van der Waals surface area contributed by atoms with E-state index in [4.69, 9.17) is 0 Å². The van der Waals surface area contributed by atoms with Gasteiger partial charge in [0, 0.05) is 24.2 Å². The van der Waals surface area contributed by atoms with Gasteiger partial charge in [-0.05, 0) is 5.41 Å². The summed E-state index contributed by atoms with van der Waals surface area (Å²) in [6.07, 6.45) is 0.714. The fourth-order valence-corrected chi connectivity index (χ4v) is 3.24. The van der Waals surface area contributed by atoms with Crippen molar-refractivity contribution in [1.29, 1.82) is 0 Å². The van der Waals surface area contributed by atoms with E-state index < -0.39 is 5.41 Å². The van der Waals surface area contributed by atoms with E-state index in [0.29, 0.717) is 6.42 Å². The summed E-state index contributed by atoms with van der Waals surface area (Å²) in [6.45, 7) is 5.36. The van der Waals surface area contributed by atoms with Crippen LogP contribution in [-0.2, 0) is 14.4 Å². The van der Waals surface area contributed by atoms with Gasteiger partial charge in [0.05, 0.1) is 0 Å². The highest BCUT2D eigenvalue weighted by atomic mass is 16.2. The Balaban J connectivity index is 2.45. The maximum absolute atomic E-state index is 11.6. The third kappa shape index (κ3) is 0.900. The highest BCUT2D eigenvalue weighted by molar-refractivity contribution is 6.41. The van der Waals surface area contributed by atoms with E-state index in [0.717, 1.165) is 0 Å². The molecule has 0 aromatic rings. The highest BCUT2D eigenvalue weighted by Gasteiger charge is 2.63. The lowest BCUT2D eigenvalue weighted by atomic mass is 9.45. The molecular weight excluding hydrogens is 180 g/mol. The molecule has 3 heteroatoms. The molecule has 0 radical (unpaired) electrons. The van der Waals surface area contributed by atoms with Gasteiger partial charge in [0.15, 0.2) is 5.78 Å². The molecule has 2 saturated carbocycles. The smallest absolute Gasteiger partial charge is 0.204 e. The Bertz CT molecular complexity index is 354. The molecule has 0 aromatic carbocycles. The SMILES string of the molecule is CC12CC(=O)C(=O)C(C)(C)C1C(=O)C2. The van der Waals surface area contributed by atoms with Gasteiger partial charge in [0.2, 0.25) is 5.78 Å². The number of carbonyl (C=O) groups excluding carboxylic acids is 3. The minimum absolute atomic E-state index is 0.137. The van der Waals surface area contributed by atoms with Crippen molar-refractivity contribution >= 4 is 17.3 Å². The first-order valence-electron chi connectivity index (χ1n) is 4.89. The largest absolute Gasteiger partial charge is 0.299 e. The van der Waals surface area contributed by atoms with Crippen LogP contribution in [0.5, 0.6) is 0 Å². The van der Waals surface area contributed by atoms with Gasteiger partial charge < -0.3 is 0 Å². The van der Waals surface area contributed by atoms with Crippen LogP contribution in [0.15, 0.2) is 0 Å². The van der Waals surface area contributed by atoms with Crippen LogP contribution in [0.1, 0.15) is 33.6 Å². The molecule has 0 saturated heterocycles. The Morgan fingerprint density at radius 2 is 1.64 bits per heavy atom. The molecule has 2 aliphatic rings. The molecule has 2 unspecified atom stereocenters. The van der Waals surface area contributed by atoms with E-state index in [1.165, 1.54) is 0 Å². The standard InChI is InChI=1S/C11H14O3/c1-10(2)8-6(12)4-11(8,3)5-7(13)9(10)14/h8H,4-5H2,1-3H3. The first-order valence-corrected chi connectivity index (χ1v) is 4.89. The lowest BCUT2D eigenvalue weighted by Crippen LogP contribution is -2.62. The predicted octanol–water partition coefficient (Wildman–Crippen LogP) is 1.15. The molecular formula is C11H14O3. The van der Waals surface area contributed by atoms with Gasteiger partial charge in [-0.15, -0.1) is 0 Å². The summed E-state index contributed by atoms with van der Waals surface area (Å²) in [5, 5.41) is 0. The van der Waals surface area contributed by atoms with E-state index in [2.05, 4.69) is 0 Å². The second-order valence-electron chi connectivity index (χ2n) is 5.38. The first-order chi connectivity index (χ1) is 6.29. The second-order valence-corrected chi connectivity index (χ2v) is 5.38. The van der Waals surface area contributed by atoms with Crippen LogP contribution in [0.3, 0.4) is 0 Å². The molecule has 2 aliphatic carbocycles. The van der Waals surface area contributed by atoms with Crippen molar-refractivity contribution < 1.29 is 14.4 Å². The van der Waals surface area contributed by atoms with Crippen LogP contribution in [0, 0.1) is 16.7 Å².